The standard InChI is InChI=1S/C20H26FN4O4PS/c1-5-23(2)20(27)29-16-13-15(21)9-8-14(16)12-17-18(26)22-19(31-17)24-10-6-7-11-25(24)30(3,4)28/h8-9,12-13H,5-7,10-11H2,1-4H3/b17-12-. The molecule has 2 aliphatic rings. The van der Waals surface area contributed by atoms with Crippen molar-refractivity contribution in [1.82, 2.24) is 14.7 Å². The van der Waals surface area contributed by atoms with Crippen LogP contribution in [0.5, 0.6) is 5.75 Å². The maximum Gasteiger partial charge on any atom is 0.414 e. The maximum absolute atomic E-state index is 13.8. The summed E-state index contributed by atoms with van der Waals surface area (Å²) in [5, 5.41) is 2.28. The Hall–Kier alpha value is -2.16. The van der Waals surface area contributed by atoms with E-state index in [0.29, 0.717) is 35.3 Å². The van der Waals surface area contributed by atoms with Crippen LogP contribution in [0.4, 0.5) is 9.18 Å². The highest BCUT2D eigenvalue weighted by atomic mass is 32.2. The first-order chi connectivity index (χ1) is 14.6. The predicted octanol–water partition coefficient (Wildman–Crippen LogP) is 4.10. The van der Waals surface area contributed by atoms with Crippen LogP contribution in [-0.4, -0.2) is 71.9 Å². The van der Waals surface area contributed by atoms with Crippen molar-refractivity contribution in [2.75, 3.05) is 40.0 Å². The summed E-state index contributed by atoms with van der Waals surface area (Å²) in [5.74, 6) is -0.984. The normalized spacial score (nSPS) is 19.0. The monoisotopic (exact) mass is 468 g/mol. The number of hydrogen-bond acceptors (Lipinski definition) is 6. The largest absolute Gasteiger partial charge is 0.414 e. The Morgan fingerprint density at radius 2 is 2.06 bits per heavy atom. The third kappa shape index (κ3) is 5.56. The number of amidine groups is 1. The molecule has 0 saturated carbocycles. The molecule has 0 spiro atoms. The van der Waals surface area contributed by atoms with Gasteiger partial charge in [-0.05, 0) is 49.7 Å². The van der Waals surface area contributed by atoms with Gasteiger partial charge in [-0.15, -0.1) is 0 Å². The van der Waals surface area contributed by atoms with Gasteiger partial charge in [-0.1, -0.05) is 0 Å². The van der Waals surface area contributed by atoms with Gasteiger partial charge in [0, 0.05) is 51.6 Å². The number of hydrazine groups is 1. The second kappa shape index (κ2) is 9.54. The van der Waals surface area contributed by atoms with E-state index in [9.17, 15) is 18.5 Å². The molecule has 31 heavy (non-hydrogen) atoms. The molecule has 11 heteroatoms. The van der Waals surface area contributed by atoms with Gasteiger partial charge in [0.05, 0.1) is 4.91 Å². The number of amides is 2. The SMILES string of the molecule is CCN(C)C(=O)Oc1cc(F)ccc1/C=C1\SC(N2CCCCN2P(C)(C)=O)=NC1=O. The minimum Gasteiger partial charge on any atom is -0.409 e. The van der Waals surface area contributed by atoms with Gasteiger partial charge in [0.15, 0.2) is 12.5 Å². The Morgan fingerprint density at radius 1 is 1.35 bits per heavy atom. The number of aliphatic imine (C=N–C) groups is 1. The highest BCUT2D eigenvalue weighted by molar-refractivity contribution is 8.18. The topological polar surface area (TPSA) is 82.5 Å². The molecule has 1 fully saturated rings. The predicted molar refractivity (Wildman–Crippen MR) is 121 cm³/mol. The number of halogens is 1. The molecule has 0 unspecified atom stereocenters. The number of nitrogens with zero attached hydrogens (tertiary/aromatic N) is 4. The fourth-order valence-electron chi connectivity index (χ4n) is 3.11. The van der Waals surface area contributed by atoms with Crippen LogP contribution < -0.4 is 4.74 Å². The Morgan fingerprint density at radius 3 is 2.74 bits per heavy atom. The highest BCUT2D eigenvalue weighted by Gasteiger charge is 2.35. The number of ether oxygens (including phenoxy) is 1. The zero-order chi connectivity index (χ0) is 22.8. The van der Waals surface area contributed by atoms with Crippen molar-refractivity contribution in [3.05, 3.63) is 34.5 Å². The Bertz CT molecular complexity index is 993. The van der Waals surface area contributed by atoms with Crippen molar-refractivity contribution >= 4 is 42.3 Å². The van der Waals surface area contributed by atoms with Gasteiger partial charge in [0.2, 0.25) is 0 Å². The number of carbonyl (C=O) groups excluding carboxylic acids is 2. The fourth-order valence-corrected chi connectivity index (χ4v) is 5.43. The van der Waals surface area contributed by atoms with Crippen LogP contribution in [0.3, 0.4) is 0 Å². The van der Waals surface area contributed by atoms with E-state index in [1.165, 1.54) is 23.1 Å². The van der Waals surface area contributed by atoms with Crippen LogP contribution in [0.2, 0.25) is 0 Å². The van der Waals surface area contributed by atoms with Gasteiger partial charge in [-0.2, -0.15) is 9.77 Å². The lowest BCUT2D eigenvalue weighted by Gasteiger charge is -2.41. The molecule has 8 nitrogen and oxygen atoms in total. The number of rotatable bonds is 4. The molecule has 0 radical (unpaired) electrons. The van der Waals surface area contributed by atoms with E-state index in [2.05, 4.69) is 4.99 Å². The van der Waals surface area contributed by atoms with Crippen molar-refractivity contribution in [3.8, 4) is 5.75 Å². The van der Waals surface area contributed by atoms with Crippen molar-refractivity contribution < 1.29 is 23.3 Å². The minimum atomic E-state index is -2.57. The first-order valence-corrected chi connectivity index (χ1v) is 13.3. The van der Waals surface area contributed by atoms with Crippen LogP contribution in [0, 0.1) is 5.82 Å². The molecule has 1 aromatic rings. The highest BCUT2D eigenvalue weighted by Crippen LogP contribution is 2.46. The molecule has 0 N–H and O–H groups in total. The van der Waals surface area contributed by atoms with E-state index in [0.717, 1.165) is 30.7 Å². The molecule has 2 amide bonds. The smallest absolute Gasteiger partial charge is 0.409 e. The Balaban J connectivity index is 1.85. The van der Waals surface area contributed by atoms with E-state index < -0.39 is 25.1 Å². The summed E-state index contributed by atoms with van der Waals surface area (Å²) in [5.41, 5.74) is 0.388. The molecule has 0 bridgehead atoms. The average molecular weight is 468 g/mol. The van der Waals surface area contributed by atoms with Crippen molar-refractivity contribution in [2.45, 2.75) is 19.8 Å². The number of carbonyl (C=O) groups is 2. The molecule has 0 aliphatic carbocycles. The van der Waals surface area contributed by atoms with Gasteiger partial charge >= 0.3 is 6.09 Å². The lowest BCUT2D eigenvalue weighted by molar-refractivity contribution is -0.113. The second-order valence-electron chi connectivity index (χ2n) is 7.59. The summed E-state index contributed by atoms with van der Waals surface area (Å²) in [6, 6.07) is 3.79. The number of hydrogen-bond donors (Lipinski definition) is 0. The number of thioether (sulfide) groups is 1. The maximum atomic E-state index is 13.8. The molecule has 0 atom stereocenters. The van der Waals surface area contributed by atoms with Gasteiger partial charge in [-0.25, -0.2) is 9.18 Å². The minimum absolute atomic E-state index is 0.0193. The molecule has 2 heterocycles. The summed E-state index contributed by atoms with van der Waals surface area (Å²) in [6.45, 7) is 6.87. The molecular weight excluding hydrogens is 442 g/mol. The Kier molecular flexibility index (Phi) is 7.24. The van der Waals surface area contributed by atoms with E-state index >= 15 is 0 Å². The van der Waals surface area contributed by atoms with Gasteiger partial charge in [0.25, 0.3) is 5.91 Å². The van der Waals surface area contributed by atoms with E-state index in [1.807, 2.05) is 5.01 Å². The summed E-state index contributed by atoms with van der Waals surface area (Å²) >= 11 is 1.16. The molecule has 0 aromatic heterocycles. The van der Waals surface area contributed by atoms with Gasteiger partial charge in [0.1, 0.15) is 11.6 Å². The van der Waals surface area contributed by atoms with E-state index in [-0.39, 0.29) is 5.75 Å². The number of benzene rings is 1. The third-order valence-electron chi connectivity index (χ3n) is 4.89. The molecule has 1 saturated heterocycles. The summed E-state index contributed by atoms with van der Waals surface area (Å²) in [6.07, 6.45) is 2.74. The van der Waals surface area contributed by atoms with Gasteiger partial charge < -0.3 is 14.2 Å². The summed E-state index contributed by atoms with van der Waals surface area (Å²) in [7, 11) is -0.997. The average Bonchev–Trinajstić information content (AvgIpc) is 3.09. The van der Waals surface area contributed by atoms with Gasteiger partial charge in [-0.3, -0.25) is 9.80 Å². The molecule has 168 valence electrons. The van der Waals surface area contributed by atoms with E-state index in [1.54, 1.807) is 32.1 Å². The molecule has 3 rings (SSSR count). The summed E-state index contributed by atoms with van der Waals surface area (Å²) < 4.78 is 33.6. The quantitative estimate of drug-likeness (QED) is 0.486. The lowest BCUT2D eigenvalue weighted by Crippen LogP contribution is -2.46. The van der Waals surface area contributed by atoms with Crippen LogP contribution in [0.25, 0.3) is 6.08 Å². The third-order valence-corrected chi connectivity index (χ3v) is 7.41. The summed E-state index contributed by atoms with van der Waals surface area (Å²) in [4.78, 5) is 30.5. The van der Waals surface area contributed by atoms with Crippen molar-refractivity contribution in [2.24, 2.45) is 4.99 Å². The zero-order valence-corrected chi connectivity index (χ0v) is 19.7. The van der Waals surface area contributed by atoms with Crippen molar-refractivity contribution in [1.29, 1.82) is 0 Å². The first kappa shape index (κ1) is 23.5. The lowest BCUT2D eigenvalue weighted by atomic mass is 10.2. The van der Waals surface area contributed by atoms with Crippen LogP contribution in [0.15, 0.2) is 28.1 Å². The van der Waals surface area contributed by atoms with E-state index in [4.69, 9.17) is 4.74 Å². The molecular formula is C20H26FN4O4PS. The molecule has 1 aromatic carbocycles. The van der Waals surface area contributed by atoms with Crippen LogP contribution in [0.1, 0.15) is 25.3 Å². The first-order valence-electron chi connectivity index (χ1n) is 9.95. The second-order valence-corrected chi connectivity index (χ2v) is 11.7. The van der Waals surface area contributed by atoms with Crippen LogP contribution >= 0.6 is 19.1 Å². The molecule has 2 aliphatic heterocycles. The van der Waals surface area contributed by atoms with Crippen LogP contribution in [-0.2, 0) is 9.36 Å². The fraction of sp³-hybridized carbons (Fsp3) is 0.450. The van der Waals surface area contributed by atoms with Crippen molar-refractivity contribution in [3.63, 3.8) is 0 Å². The zero-order valence-electron chi connectivity index (χ0n) is 18.0. The Labute approximate surface area is 185 Å².